The lowest BCUT2D eigenvalue weighted by molar-refractivity contribution is -0.153. The molecule has 2 aliphatic rings. The van der Waals surface area contributed by atoms with Crippen molar-refractivity contribution in [1.29, 1.82) is 0 Å². The van der Waals surface area contributed by atoms with Gasteiger partial charge >= 0.3 is 0 Å². The van der Waals surface area contributed by atoms with Gasteiger partial charge in [-0.05, 0) is 31.9 Å². The van der Waals surface area contributed by atoms with E-state index in [-0.39, 0.29) is 30.8 Å². The van der Waals surface area contributed by atoms with Crippen molar-refractivity contribution in [3.8, 4) is 5.75 Å². The summed E-state index contributed by atoms with van der Waals surface area (Å²) in [5, 5.41) is 0. The second kappa shape index (κ2) is 7.11. The van der Waals surface area contributed by atoms with E-state index < -0.39 is 0 Å². The van der Waals surface area contributed by atoms with Crippen molar-refractivity contribution in [3.05, 3.63) is 30.3 Å². The van der Waals surface area contributed by atoms with Crippen LogP contribution in [-0.4, -0.2) is 55.4 Å². The molecule has 0 bridgehead atoms. The Morgan fingerprint density at radius 1 is 1.32 bits per heavy atom. The van der Waals surface area contributed by atoms with Gasteiger partial charge in [-0.15, -0.1) is 0 Å². The van der Waals surface area contributed by atoms with Gasteiger partial charge in [0.05, 0.1) is 18.8 Å². The number of rotatable bonds is 5. The van der Waals surface area contributed by atoms with Crippen LogP contribution in [0.4, 0.5) is 0 Å². The molecule has 1 heterocycles. The molecule has 1 aromatic rings. The molecule has 2 fully saturated rings. The van der Waals surface area contributed by atoms with Crippen LogP contribution in [0.15, 0.2) is 30.3 Å². The molecule has 1 amide bonds. The molecule has 1 aliphatic heterocycles. The van der Waals surface area contributed by atoms with Crippen molar-refractivity contribution in [2.75, 3.05) is 26.4 Å². The highest BCUT2D eigenvalue weighted by Gasteiger charge is 2.44. The van der Waals surface area contributed by atoms with Crippen molar-refractivity contribution in [2.45, 2.75) is 38.0 Å². The van der Waals surface area contributed by atoms with Crippen LogP contribution in [0, 0.1) is 0 Å². The molecule has 1 saturated heterocycles. The zero-order valence-electron chi connectivity index (χ0n) is 12.9. The number of nitrogens with zero attached hydrogens (tertiary/aromatic N) is 1. The fraction of sp³-hybridized carbons (Fsp3) is 0.588. The largest absolute Gasteiger partial charge is 0.484 e. The maximum atomic E-state index is 12.5. The molecular weight excluding hydrogens is 282 g/mol. The Morgan fingerprint density at radius 2 is 2.14 bits per heavy atom. The average Bonchev–Trinajstić information content (AvgIpc) is 2.97. The number of hydrogen-bond donors (Lipinski definition) is 0. The van der Waals surface area contributed by atoms with E-state index in [9.17, 15) is 4.79 Å². The Labute approximate surface area is 131 Å². The van der Waals surface area contributed by atoms with Gasteiger partial charge in [0, 0.05) is 13.2 Å². The van der Waals surface area contributed by atoms with E-state index in [4.69, 9.17) is 14.2 Å². The van der Waals surface area contributed by atoms with E-state index in [1.165, 1.54) is 0 Å². The van der Waals surface area contributed by atoms with Crippen LogP contribution < -0.4 is 4.74 Å². The van der Waals surface area contributed by atoms with Gasteiger partial charge in [0.25, 0.3) is 5.91 Å². The van der Waals surface area contributed by atoms with Gasteiger partial charge in [-0.3, -0.25) is 4.79 Å². The lowest BCUT2D eigenvalue weighted by atomic mass is 10.1. The highest BCUT2D eigenvalue weighted by molar-refractivity contribution is 5.78. The summed E-state index contributed by atoms with van der Waals surface area (Å²) in [5.41, 5.74) is 0. The number of ether oxygens (including phenoxy) is 3. The van der Waals surface area contributed by atoms with Crippen molar-refractivity contribution in [2.24, 2.45) is 0 Å². The summed E-state index contributed by atoms with van der Waals surface area (Å²) < 4.78 is 17.2. The molecule has 22 heavy (non-hydrogen) atoms. The maximum absolute atomic E-state index is 12.5. The topological polar surface area (TPSA) is 48.0 Å². The SMILES string of the molecule is CCO[C@H]1CC[C@H]2[C@H]1OCCN2C(=O)COc1ccccc1. The summed E-state index contributed by atoms with van der Waals surface area (Å²) in [4.78, 5) is 14.4. The van der Waals surface area contributed by atoms with Crippen LogP contribution in [0.1, 0.15) is 19.8 Å². The summed E-state index contributed by atoms with van der Waals surface area (Å²) in [5.74, 6) is 0.749. The van der Waals surface area contributed by atoms with Gasteiger partial charge in [-0.1, -0.05) is 18.2 Å². The van der Waals surface area contributed by atoms with Gasteiger partial charge in [0.1, 0.15) is 11.9 Å². The number of benzene rings is 1. The van der Waals surface area contributed by atoms with Crippen molar-refractivity contribution in [1.82, 2.24) is 4.90 Å². The zero-order valence-corrected chi connectivity index (χ0v) is 12.9. The lowest BCUT2D eigenvalue weighted by Gasteiger charge is -2.39. The first-order valence-electron chi connectivity index (χ1n) is 8.00. The molecule has 5 heteroatoms. The molecular formula is C17H23NO4. The molecule has 0 N–H and O–H groups in total. The lowest BCUT2D eigenvalue weighted by Crippen LogP contribution is -2.55. The van der Waals surface area contributed by atoms with Gasteiger partial charge in [-0.2, -0.15) is 0 Å². The van der Waals surface area contributed by atoms with Crippen LogP contribution in [0.3, 0.4) is 0 Å². The minimum Gasteiger partial charge on any atom is -0.484 e. The number of fused-ring (bicyclic) bond motifs is 1. The third-order valence-electron chi connectivity index (χ3n) is 4.34. The van der Waals surface area contributed by atoms with Gasteiger partial charge < -0.3 is 19.1 Å². The number of morpholine rings is 1. The highest BCUT2D eigenvalue weighted by atomic mass is 16.5. The average molecular weight is 305 g/mol. The molecule has 5 nitrogen and oxygen atoms in total. The van der Waals surface area contributed by atoms with Crippen LogP contribution in [0.2, 0.25) is 0 Å². The Kier molecular flexibility index (Phi) is 4.95. The molecule has 0 aromatic heterocycles. The normalized spacial score (nSPS) is 27.5. The molecule has 1 aromatic carbocycles. The third-order valence-corrected chi connectivity index (χ3v) is 4.34. The maximum Gasteiger partial charge on any atom is 0.260 e. The summed E-state index contributed by atoms with van der Waals surface area (Å²) in [6, 6.07) is 9.56. The van der Waals surface area contributed by atoms with Crippen LogP contribution in [-0.2, 0) is 14.3 Å². The second-order valence-corrected chi connectivity index (χ2v) is 5.66. The molecule has 0 spiro atoms. The van der Waals surface area contributed by atoms with Gasteiger partial charge in [0.15, 0.2) is 6.61 Å². The number of hydrogen-bond acceptors (Lipinski definition) is 4. The monoisotopic (exact) mass is 305 g/mol. The van der Waals surface area contributed by atoms with E-state index >= 15 is 0 Å². The molecule has 1 saturated carbocycles. The van der Waals surface area contributed by atoms with Crippen LogP contribution in [0.25, 0.3) is 0 Å². The summed E-state index contributed by atoms with van der Waals surface area (Å²) in [6.07, 6.45) is 2.01. The molecule has 1 aliphatic carbocycles. The Bertz CT molecular complexity index is 493. The first kappa shape index (κ1) is 15.3. The quantitative estimate of drug-likeness (QED) is 0.833. The van der Waals surface area contributed by atoms with E-state index in [2.05, 4.69) is 0 Å². The molecule has 120 valence electrons. The number of carbonyl (C=O) groups is 1. The minimum atomic E-state index is 0.00868. The number of carbonyl (C=O) groups excluding carboxylic acids is 1. The summed E-state index contributed by atoms with van der Waals surface area (Å²) in [6.45, 7) is 3.96. The highest BCUT2D eigenvalue weighted by Crippen LogP contribution is 2.32. The zero-order chi connectivity index (χ0) is 15.4. The predicted molar refractivity (Wildman–Crippen MR) is 81.8 cm³/mol. The first-order valence-corrected chi connectivity index (χ1v) is 8.00. The standard InChI is InChI=1S/C17H23NO4/c1-2-20-15-9-8-14-17(15)21-11-10-18(14)16(19)12-22-13-6-4-3-5-7-13/h3-7,14-15,17H,2,8-12H2,1H3/t14-,15-,17+/m0/s1. The Morgan fingerprint density at radius 3 is 2.91 bits per heavy atom. The fourth-order valence-corrected chi connectivity index (χ4v) is 3.36. The van der Waals surface area contributed by atoms with Crippen LogP contribution >= 0.6 is 0 Å². The first-order chi connectivity index (χ1) is 10.8. The molecule has 0 unspecified atom stereocenters. The van der Waals surface area contributed by atoms with E-state index in [0.29, 0.717) is 19.8 Å². The van der Waals surface area contributed by atoms with E-state index in [0.717, 1.165) is 18.6 Å². The smallest absolute Gasteiger partial charge is 0.260 e. The Balaban J connectivity index is 1.58. The van der Waals surface area contributed by atoms with Crippen molar-refractivity contribution in [3.63, 3.8) is 0 Å². The number of amides is 1. The molecule has 3 atom stereocenters. The van der Waals surface area contributed by atoms with Crippen LogP contribution in [0.5, 0.6) is 5.75 Å². The fourth-order valence-electron chi connectivity index (χ4n) is 3.36. The molecule has 0 radical (unpaired) electrons. The minimum absolute atomic E-state index is 0.00868. The second-order valence-electron chi connectivity index (χ2n) is 5.66. The molecule has 3 rings (SSSR count). The van der Waals surface area contributed by atoms with E-state index in [1.54, 1.807) is 0 Å². The van der Waals surface area contributed by atoms with Crippen molar-refractivity contribution >= 4 is 5.91 Å². The summed E-state index contributed by atoms with van der Waals surface area (Å²) >= 11 is 0. The van der Waals surface area contributed by atoms with Crippen molar-refractivity contribution < 1.29 is 19.0 Å². The van der Waals surface area contributed by atoms with Gasteiger partial charge in [-0.25, -0.2) is 0 Å². The predicted octanol–water partition coefficient (Wildman–Crippen LogP) is 1.86. The third kappa shape index (κ3) is 3.25. The number of para-hydroxylation sites is 1. The van der Waals surface area contributed by atoms with E-state index in [1.807, 2.05) is 42.2 Å². The summed E-state index contributed by atoms with van der Waals surface area (Å²) in [7, 11) is 0. The van der Waals surface area contributed by atoms with Gasteiger partial charge in [0.2, 0.25) is 0 Å². The Hall–Kier alpha value is -1.59.